The van der Waals surface area contributed by atoms with Gasteiger partial charge >= 0.3 is 0 Å². The van der Waals surface area contributed by atoms with Gasteiger partial charge in [0.15, 0.2) is 0 Å². The quantitative estimate of drug-likeness (QED) is 0.901. The fourth-order valence-electron chi connectivity index (χ4n) is 2.99. The fraction of sp³-hybridized carbons (Fsp3) is 0.688. The molecule has 4 heteroatoms. The molecule has 1 saturated heterocycles. The zero-order valence-electron chi connectivity index (χ0n) is 12.8. The number of nitrogens with two attached hydrogens (primary N) is 1. The smallest absolute Gasteiger partial charge is 0.147 e. The highest BCUT2D eigenvalue weighted by atomic mass is 35.5. The molecular weight excluding hydrogens is 270 g/mol. The Morgan fingerprint density at radius 1 is 1.35 bits per heavy atom. The van der Waals surface area contributed by atoms with Crippen LogP contribution in [0.25, 0.3) is 0 Å². The first-order chi connectivity index (χ1) is 9.41. The lowest BCUT2D eigenvalue weighted by molar-refractivity contribution is 0.220. The van der Waals surface area contributed by atoms with E-state index >= 15 is 0 Å². The summed E-state index contributed by atoms with van der Waals surface area (Å²) in [5, 5.41) is 0.724. The van der Waals surface area contributed by atoms with E-state index in [1.54, 1.807) is 0 Å². The molecule has 0 aliphatic carbocycles. The number of aromatic nitrogens is 1. The van der Waals surface area contributed by atoms with E-state index in [1.807, 2.05) is 12.3 Å². The Bertz CT molecular complexity index is 454. The Labute approximate surface area is 127 Å². The van der Waals surface area contributed by atoms with Crippen LogP contribution in [0.1, 0.15) is 45.6 Å². The molecule has 2 rings (SSSR count). The summed E-state index contributed by atoms with van der Waals surface area (Å²) < 4.78 is 0. The molecule has 0 radical (unpaired) electrons. The number of rotatable bonds is 2. The number of pyridine rings is 1. The molecule has 1 aliphatic rings. The van der Waals surface area contributed by atoms with Crippen LogP contribution in [-0.2, 0) is 6.54 Å². The van der Waals surface area contributed by atoms with Crippen molar-refractivity contribution in [1.29, 1.82) is 0 Å². The van der Waals surface area contributed by atoms with Gasteiger partial charge in [-0.25, -0.2) is 4.98 Å². The fourth-order valence-corrected chi connectivity index (χ4v) is 3.30. The summed E-state index contributed by atoms with van der Waals surface area (Å²) in [6, 6.07) is 1.94. The molecule has 112 valence electrons. The van der Waals surface area contributed by atoms with Crippen LogP contribution in [0.15, 0.2) is 12.3 Å². The second-order valence-electron chi connectivity index (χ2n) is 6.83. The van der Waals surface area contributed by atoms with Crippen LogP contribution < -0.4 is 10.6 Å². The van der Waals surface area contributed by atoms with Gasteiger partial charge in [0.1, 0.15) is 5.82 Å². The van der Waals surface area contributed by atoms with Gasteiger partial charge in [-0.2, -0.15) is 0 Å². The van der Waals surface area contributed by atoms with Gasteiger partial charge in [0.25, 0.3) is 0 Å². The Balaban J connectivity index is 2.11. The van der Waals surface area contributed by atoms with Gasteiger partial charge in [-0.3, -0.25) is 0 Å². The Morgan fingerprint density at radius 3 is 2.70 bits per heavy atom. The van der Waals surface area contributed by atoms with Crippen LogP contribution in [0.4, 0.5) is 5.82 Å². The minimum absolute atomic E-state index is 0.386. The van der Waals surface area contributed by atoms with Crippen LogP contribution in [0.3, 0.4) is 0 Å². The lowest BCUT2D eigenvalue weighted by Crippen LogP contribution is -2.27. The number of halogens is 1. The van der Waals surface area contributed by atoms with Crippen LogP contribution in [0, 0.1) is 11.3 Å². The van der Waals surface area contributed by atoms with Gasteiger partial charge < -0.3 is 10.6 Å². The Kier molecular flexibility index (Phi) is 4.92. The molecule has 3 nitrogen and oxygen atoms in total. The topological polar surface area (TPSA) is 42.2 Å². The SMILES string of the molecule is CC(C)(C)C1CCCN(c2ncc(CN)cc2Cl)CC1. The van der Waals surface area contributed by atoms with Crippen molar-refractivity contribution in [2.75, 3.05) is 18.0 Å². The van der Waals surface area contributed by atoms with Gasteiger partial charge in [0.05, 0.1) is 5.02 Å². The van der Waals surface area contributed by atoms with Crippen molar-refractivity contribution < 1.29 is 0 Å². The summed E-state index contributed by atoms with van der Waals surface area (Å²) in [7, 11) is 0. The maximum Gasteiger partial charge on any atom is 0.147 e. The number of anilines is 1. The second kappa shape index (κ2) is 6.31. The molecule has 1 unspecified atom stereocenters. The van der Waals surface area contributed by atoms with E-state index < -0.39 is 0 Å². The lowest BCUT2D eigenvalue weighted by Gasteiger charge is -2.30. The summed E-state index contributed by atoms with van der Waals surface area (Å²) in [6.07, 6.45) is 5.55. The van der Waals surface area contributed by atoms with Crippen molar-refractivity contribution in [3.05, 3.63) is 22.8 Å². The predicted molar refractivity (Wildman–Crippen MR) is 86.1 cm³/mol. The zero-order chi connectivity index (χ0) is 14.8. The zero-order valence-corrected chi connectivity index (χ0v) is 13.6. The van der Waals surface area contributed by atoms with Crippen molar-refractivity contribution in [3.63, 3.8) is 0 Å². The van der Waals surface area contributed by atoms with Crippen molar-refractivity contribution in [1.82, 2.24) is 4.98 Å². The normalized spacial score (nSPS) is 20.9. The predicted octanol–water partition coefficient (Wildman–Crippen LogP) is 3.85. The molecule has 2 N–H and O–H groups in total. The maximum absolute atomic E-state index is 6.36. The van der Waals surface area contributed by atoms with Crippen molar-refractivity contribution in [3.8, 4) is 0 Å². The van der Waals surface area contributed by atoms with E-state index in [2.05, 4.69) is 30.7 Å². The third-order valence-electron chi connectivity index (χ3n) is 4.37. The molecule has 0 saturated carbocycles. The largest absolute Gasteiger partial charge is 0.355 e. The highest BCUT2D eigenvalue weighted by Crippen LogP contribution is 2.36. The summed E-state index contributed by atoms with van der Waals surface area (Å²) in [5.41, 5.74) is 7.00. The summed E-state index contributed by atoms with van der Waals surface area (Å²) in [4.78, 5) is 6.84. The number of hydrogen-bond acceptors (Lipinski definition) is 3. The summed E-state index contributed by atoms with van der Waals surface area (Å²) >= 11 is 6.36. The van der Waals surface area contributed by atoms with E-state index in [0.29, 0.717) is 12.0 Å². The van der Waals surface area contributed by atoms with E-state index in [4.69, 9.17) is 17.3 Å². The number of nitrogens with zero attached hydrogens (tertiary/aromatic N) is 2. The van der Waals surface area contributed by atoms with Crippen molar-refractivity contribution >= 4 is 17.4 Å². The monoisotopic (exact) mass is 295 g/mol. The first kappa shape index (κ1) is 15.6. The standard InChI is InChI=1S/C16H26ClN3/c1-16(2,3)13-5-4-7-20(8-6-13)15-14(17)9-12(10-18)11-19-15/h9,11,13H,4-8,10,18H2,1-3H3. The Hall–Kier alpha value is -0.800. The van der Waals surface area contributed by atoms with Crippen LogP contribution in [0.5, 0.6) is 0 Å². The molecule has 1 aliphatic heterocycles. The molecule has 0 aromatic carbocycles. The molecule has 1 aromatic heterocycles. The third-order valence-corrected chi connectivity index (χ3v) is 4.64. The first-order valence-electron chi connectivity index (χ1n) is 7.51. The van der Waals surface area contributed by atoms with E-state index in [-0.39, 0.29) is 0 Å². The molecule has 20 heavy (non-hydrogen) atoms. The highest BCUT2D eigenvalue weighted by molar-refractivity contribution is 6.33. The maximum atomic E-state index is 6.36. The van der Waals surface area contributed by atoms with Gasteiger partial charge in [-0.05, 0) is 42.2 Å². The summed E-state index contributed by atoms with van der Waals surface area (Å²) in [6.45, 7) is 9.59. The summed E-state index contributed by atoms with van der Waals surface area (Å²) in [5.74, 6) is 1.69. The first-order valence-corrected chi connectivity index (χ1v) is 7.89. The van der Waals surface area contributed by atoms with Gasteiger partial charge in [-0.15, -0.1) is 0 Å². The van der Waals surface area contributed by atoms with Gasteiger partial charge in [0, 0.05) is 25.8 Å². The molecule has 1 atom stereocenters. The van der Waals surface area contributed by atoms with E-state index in [0.717, 1.165) is 35.4 Å². The molecular formula is C16H26ClN3. The molecule has 1 fully saturated rings. The Morgan fingerprint density at radius 2 is 2.10 bits per heavy atom. The van der Waals surface area contributed by atoms with Crippen molar-refractivity contribution in [2.45, 2.75) is 46.6 Å². The average molecular weight is 296 g/mol. The van der Waals surface area contributed by atoms with Crippen molar-refractivity contribution in [2.24, 2.45) is 17.1 Å². The van der Waals surface area contributed by atoms with E-state index in [1.165, 1.54) is 19.3 Å². The molecule has 0 amide bonds. The van der Waals surface area contributed by atoms with Crippen LogP contribution in [0.2, 0.25) is 5.02 Å². The minimum atomic E-state index is 0.386. The minimum Gasteiger partial charge on any atom is -0.355 e. The van der Waals surface area contributed by atoms with Gasteiger partial charge in [-0.1, -0.05) is 32.4 Å². The molecule has 0 bridgehead atoms. The van der Waals surface area contributed by atoms with Crippen LogP contribution in [-0.4, -0.2) is 18.1 Å². The average Bonchev–Trinajstić information content (AvgIpc) is 2.63. The molecule has 1 aromatic rings. The molecule has 2 heterocycles. The molecule has 0 spiro atoms. The highest BCUT2D eigenvalue weighted by Gasteiger charge is 2.27. The third kappa shape index (κ3) is 3.64. The number of hydrogen-bond donors (Lipinski definition) is 1. The second-order valence-corrected chi connectivity index (χ2v) is 7.24. The van der Waals surface area contributed by atoms with Crippen LogP contribution >= 0.6 is 11.6 Å². The lowest BCUT2D eigenvalue weighted by atomic mass is 9.77. The van der Waals surface area contributed by atoms with E-state index in [9.17, 15) is 0 Å². The van der Waals surface area contributed by atoms with Gasteiger partial charge in [0.2, 0.25) is 0 Å².